The Hall–Kier alpha value is -2.74. The first-order chi connectivity index (χ1) is 14.5. The second-order valence-corrected chi connectivity index (χ2v) is 9.74. The van der Waals surface area contributed by atoms with Crippen LogP contribution in [-0.4, -0.2) is 52.9 Å². The molecule has 2 saturated heterocycles. The highest BCUT2D eigenvalue weighted by molar-refractivity contribution is 7.93. The Morgan fingerprint density at radius 2 is 1.77 bits per heavy atom. The van der Waals surface area contributed by atoms with Crippen LogP contribution in [0.3, 0.4) is 0 Å². The smallest absolute Gasteiger partial charge is 0.251 e. The molecular weight excluding hydrogens is 402 g/mol. The van der Waals surface area contributed by atoms with E-state index in [4.69, 9.17) is 4.74 Å². The van der Waals surface area contributed by atoms with Gasteiger partial charge in [-0.25, -0.2) is 8.42 Å². The van der Waals surface area contributed by atoms with Crippen LogP contribution in [0.2, 0.25) is 0 Å². The van der Waals surface area contributed by atoms with Crippen molar-refractivity contribution in [1.29, 1.82) is 0 Å². The number of amides is 1. The van der Waals surface area contributed by atoms with Gasteiger partial charge in [0.2, 0.25) is 10.0 Å². The predicted molar refractivity (Wildman–Crippen MR) is 118 cm³/mol. The summed E-state index contributed by atoms with van der Waals surface area (Å²) < 4.78 is 30.9. The second-order valence-electron chi connectivity index (χ2n) is 7.72. The molecule has 1 amide bonds. The monoisotopic (exact) mass is 429 g/mol. The molecule has 0 radical (unpaired) electrons. The summed E-state index contributed by atoms with van der Waals surface area (Å²) in [6.45, 7) is 2.20. The molecule has 160 valence electrons. The molecule has 7 nitrogen and oxygen atoms in total. The molecule has 4 rings (SSSR count). The van der Waals surface area contributed by atoms with Gasteiger partial charge in [-0.05, 0) is 61.7 Å². The quantitative estimate of drug-likeness (QED) is 0.791. The van der Waals surface area contributed by atoms with Crippen LogP contribution in [0.1, 0.15) is 29.6 Å². The minimum Gasteiger partial charge on any atom is -0.497 e. The number of sulfonamides is 1. The average molecular weight is 430 g/mol. The van der Waals surface area contributed by atoms with Crippen molar-refractivity contribution in [3.63, 3.8) is 0 Å². The Balaban J connectivity index is 1.35. The first-order valence-electron chi connectivity index (χ1n) is 10.3. The Morgan fingerprint density at radius 1 is 1.03 bits per heavy atom. The standard InChI is InChI=1S/C22H27N3O4S/c1-29-21-8-6-19(7-9-21)24-13-10-18(11-14-24)23-22(26)17-4-2-5-20(16-17)25-12-3-15-30(25,27)28/h2,4-9,16,18H,3,10-15H2,1H3,(H,23,26). The van der Waals surface area contributed by atoms with Gasteiger partial charge in [0.15, 0.2) is 0 Å². The molecular formula is C22H27N3O4S. The van der Waals surface area contributed by atoms with Crippen molar-refractivity contribution in [3.8, 4) is 5.75 Å². The summed E-state index contributed by atoms with van der Waals surface area (Å²) in [7, 11) is -1.60. The van der Waals surface area contributed by atoms with Gasteiger partial charge in [0.05, 0.1) is 18.6 Å². The lowest BCUT2D eigenvalue weighted by Crippen LogP contribution is -2.44. The molecule has 0 aromatic heterocycles. The van der Waals surface area contributed by atoms with E-state index in [1.165, 1.54) is 4.31 Å². The van der Waals surface area contributed by atoms with Crippen molar-refractivity contribution in [2.24, 2.45) is 0 Å². The molecule has 0 aliphatic carbocycles. The summed E-state index contributed by atoms with van der Waals surface area (Å²) in [6, 6.07) is 15.0. The maximum Gasteiger partial charge on any atom is 0.251 e. The zero-order valence-electron chi connectivity index (χ0n) is 17.1. The SMILES string of the molecule is COc1ccc(N2CCC(NC(=O)c3cccc(N4CCCS4(=O)=O)c3)CC2)cc1. The molecule has 2 aliphatic rings. The summed E-state index contributed by atoms with van der Waals surface area (Å²) in [5, 5.41) is 3.11. The Labute approximate surface area is 177 Å². The molecule has 0 atom stereocenters. The summed E-state index contributed by atoms with van der Waals surface area (Å²) in [4.78, 5) is 15.1. The van der Waals surface area contributed by atoms with Gasteiger partial charge in [0.25, 0.3) is 5.91 Å². The van der Waals surface area contributed by atoms with E-state index >= 15 is 0 Å². The minimum atomic E-state index is -3.26. The van der Waals surface area contributed by atoms with Crippen molar-refractivity contribution in [2.45, 2.75) is 25.3 Å². The van der Waals surface area contributed by atoms with E-state index in [1.54, 1.807) is 31.4 Å². The number of nitrogens with zero attached hydrogens (tertiary/aromatic N) is 2. The number of hydrogen-bond acceptors (Lipinski definition) is 5. The van der Waals surface area contributed by atoms with Crippen LogP contribution in [0.25, 0.3) is 0 Å². The maximum absolute atomic E-state index is 12.8. The van der Waals surface area contributed by atoms with Gasteiger partial charge < -0.3 is 15.0 Å². The lowest BCUT2D eigenvalue weighted by molar-refractivity contribution is 0.0931. The molecule has 8 heteroatoms. The number of carbonyl (C=O) groups is 1. The Bertz CT molecular complexity index is 999. The van der Waals surface area contributed by atoms with Crippen LogP contribution < -0.4 is 19.3 Å². The number of ether oxygens (including phenoxy) is 1. The Kier molecular flexibility index (Phi) is 5.85. The van der Waals surface area contributed by atoms with Gasteiger partial charge in [-0.15, -0.1) is 0 Å². The number of rotatable bonds is 5. The highest BCUT2D eigenvalue weighted by atomic mass is 32.2. The van der Waals surface area contributed by atoms with Gasteiger partial charge in [-0.1, -0.05) is 6.07 Å². The molecule has 2 heterocycles. The molecule has 2 aromatic carbocycles. The average Bonchev–Trinajstić information content (AvgIpc) is 3.13. The van der Waals surface area contributed by atoms with Crippen molar-refractivity contribution < 1.29 is 17.9 Å². The van der Waals surface area contributed by atoms with E-state index in [2.05, 4.69) is 22.3 Å². The van der Waals surface area contributed by atoms with Crippen LogP contribution >= 0.6 is 0 Å². The topological polar surface area (TPSA) is 79.0 Å². The van der Waals surface area contributed by atoms with E-state index in [0.29, 0.717) is 24.2 Å². The molecule has 2 aliphatic heterocycles. The van der Waals surface area contributed by atoms with Gasteiger partial charge in [-0.2, -0.15) is 0 Å². The molecule has 2 fully saturated rings. The number of nitrogens with one attached hydrogen (secondary N) is 1. The molecule has 30 heavy (non-hydrogen) atoms. The molecule has 0 unspecified atom stereocenters. The van der Waals surface area contributed by atoms with Crippen LogP contribution in [-0.2, 0) is 10.0 Å². The zero-order chi connectivity index (χ0) is 21.1. The first-order valence-corrected chi connectivity index (χ1v) is 11.9. The van der Waals surface area contributed by atoms with Crippen LogP contribution in [0.15, 0.2) is 48.5 Å². The van der Waals surface area contributed by atoms with Crippen molar-refractivity contribution in [1.82, 2.24) is 5.32 Å². The number of carbonyl (C=O) groups excluding carboxylic acids is 1. The van der Waals surface area contributed by atoms with Crippen molar-refractivity contribution in [3.05, 3.63) is 54.1 Å². The zero-order valence-corrected chi connectivity index (χ0v) is 17.9. The van der Waals surface area contributed by atoms with Crippen molar-refractivity contribution in [2.75, 3.05) is 41.7 Å². The van der Waals surface area contributed by atoms with Gasteiger partial charge in [0.1, 0.15) is 5.75 Å². The third kappa shape index (κ3) is 4.38. The van der Waals surface area contributed by atoms with Gasteiger partial charge >= 0.3 is 0 Å². The van der Waals surface area contributed by atoms with Gasteiger partial charge in [-0.3, -0.25) is 9.10 Å². The summed E-state index contributed by atoms with van der Waals surface area (Å²) in [5.41, 5.74) is 2.21. The molecule has 1 N–H and O–H groups in total. The Morgan fingerprint density at radius 3 is 2.40 bits per heavy atom. The number of benzene rings is 2. The fraction of sp³-hybridized carbons (Fsp3) is 0.409. The summed E-state index contributed by atoms with van der Waals surface area (Å²) in [5.74, 6) is 0.845. The maximum atomic E-state index is 12.8. The summed E-state index contributed by atoms with van der Waals surface area (Å²) >= 11 is 0. The third-order valence-electron chi connectivity index (χ3n) is 5.76. The largest absolute Gasteiger partial charge is 0.497 e. The first kappa shape index (κ1) is 20.5. The summed E-state index contributed by atoms with van der Waals surface area (Å²) in [6.07, 6.45) is 2.33. The normalized spacial score (nSPS) is 19.0. The highest BCUT2D eigenvalue weighted by Crippen LogP contribution is 2.26. The van der Waals surface area contributed by atoms with E-state index in [0.717, 1.165) is 37.4 Å². The van der Waals surface area contributed by atoms with Gasteiger partial charge in [0, 0.05) is 36.9 Å². The number of anilines is 2. The van der Waals surface area contributed by atoms with E-state index in [9.17, 15) is 13.2 Å². The lowest BCUT2D eigenvalue weighted by Gasteiger charge is -2.34. The lowest BCUT2D eigenvalue weighted by atomic mass is 10.0. The minimum absolute atomic E-state index is 0.103. The van der Waals surface area contributed by atoms with Crippen molar-refractivity contribution >= 4 is 27.3 Å². The third-order valence-corrected chi connectivity index (χ3v) is 7.63. The fourth-order valence-corrected chi connectivity index (χ4v) is 5.63. The van der Waals surface area contributed by atoms with Crippen LogP contribution in [0, 0.1) is 0 Å². The molecule has 2 aromatic rings. The van der Waals surface area contributed by atoms with E-state index in [1.807, 2.05) is 12.1 Å². The van der Waals surface area contributed by atoms with Crippen LogP contribution in [0.5, 0.6) is 5.75 Å². The van der Waals surface area contributed by atoms with E-state index < -0.39 is 10.0 Å². The predicted octanol–water partition coefficient (Wildman–Crippen LogP) is 2.63. The highest BCUT2D eigenvalue weighted by Gasteiger charge is 2.29. The van der Waals surface area contributed by atoms with E-state index in [-0.39, 0.29) is 17.7 Å². The molecule has 0 saturated carbocycles. The number of hydrogen-bond donors (Lipinski definition) is 1. The number of piperidine rings is 1. The molecule has 0 spiro atoms. The fourth-order valence-electron chi connectivity index (χ4n) is 4.08. The second kappa shape index (κ2) is 8.55. The van der Waals surface area contributed by atoms with Crippen LogP contribution in [0.4, 0.5) is 11.4 Å². The molecule has 0 bridgehead atoms. The number of methoxy groups -OCH3 is 1.